The third-order valence-corrected chi connectivity index (χ3v) is 5.40. The van der Waals surface area contributed by atoms with Crippen LogP contribution in [0, 0.1) is 12.8 Å². The van der Waals surface area contributed by atoms with Gasteiger partial charge in [-0.3, -0.25) is 14.3 Å². The zero-order valence-electron chi connectivity index (χ0n) is 13.5. The van der Waals surface area contributed by atoms with E-state index in [1.807, 2.05) is 0 Å². The number of aromatic amines is 1. The standard InChI is InChI=1S/C14H22FN2O5P/c1-7-5-17(14(20)16-12(7)19)13-9(15)10(18)11(22-13)8(2)6-23(3,4)21/h5,8-11,13,18H,6H2,1-4H3,(H,16,19,20)/t8-,9-,10+,11-,13-/m1/s1. The summed E-state index contributed by atoms with van der Waals surface area (Å²) in [4.78, 5) is 25.4. The van der Waals surface area contributed by atoms with Crippen molar-refractivity contribution in [2.75, 3.05) is 19.5 Å². The molecule has 1 fully saturated rings. The molecule has 2 N–H and O–H groups in total. The third kappa shape index (κ3) is 3.82. The maximum atomic E-state index is 14.4. The Kier molecular flexibility index (Phi) is 4.99. The molecule has 1 aromatic heterocycles. The van der Waals surface area contributed by atoms with Gasteiger partial charge < -0.3 is 14.4 Å². The van der Waals surface area contributed by atoms with Gasteiger partial charge in [0.15, 0.2) is 12.4 Å². The molecule has 130 valence electrons. The Hall–Kier alpha value is -1.24. The maximum Gasteiger partial charge on any atom is 0.330 e. The number of rotatable bonds is 4. The highest BCUT2D eigenvalue weighted by molar-refractivity contribution is 7.62. The van der Waals surface area contributed by atoms with Crippen molar-refractivity contribution < 1.29 is 18.8 Å². The zero-order chi connectivity index (χ0) is 17.5. The van der Waals surface area contributed by atoms with Gasteiger partial charge in [-0.05, 0) is 26.2 Å². The highest BCUT2D eigenvalue weighted by Crippen LogP contribution is 2.42. The molecule has 5 atom stereocenters. The van der Waals surface area contributed by atoms with E-state index in [0.717, 1.165) is 4.57 Å². The van der Waals surface area contributed by atoms with E-state index in [1.54, 1.807) is 20.3 Å². The first-order valence-corrected chi connectivity index (χ1v) is 10.1. The van der Waals surface area contributed by atoms with Gasteiger partial charge in [-0.25, -0.2) is 9.18 Å². The van der Waals surface area contributed by atoms with Gasteiger partial charge in [0.05, 0.1) is 13.2 Å². The minimum Gasteiger partial charge on any atom is -0.387 e. The normalized spacial score (nSPS) is 29.7. The van der Waals surface area contributed by atoms with Crippen LogP contribution in [0.4, 0.5) is 4.39 Å². The monoisotopic (exact) mass is 348 g/mol. The van der Waals surface area contributed by atoms with Crippen molar-refractivity contribution in [2.45, 2.75) is 38.5 Å². The second kappa shape index (κ2) is 6.34. The van der Waals surface area contributed by atoms with Crippen molar-refractivity contribution in [2.24, 2.45) is 5.92 Å². The third-order valence-electron chi connectivity index (χ3n) is 3.94. The predicted octanol–water partition coefficient (Wildman–Crippen LogP) is 0.700. The van der Waals surface area contributed by atoms with Crippen molar-refractivity contribution in [1.82, 2.24) is 9.55 Å². The molecule has 0 spiro atoms. The Morgan fingerprint density at radius 2 is 2.09 bits per heavy atom. The summed E-state index contributed by atoms with van der Waals surface area (Å²) >= 11 is 0. The summed E-state index contributed by atoms with van der Waals surface area (Å²) in [5.41, 5.74) is -1.12. The number of H-pyrrole nitrogens is 1. The lowest BCUT2D eigenvalue weighted by Crippen LogP contribution is -2.37. The molecular formula is C14H22FN2O5P. The topological polar surface area (TPSA) is 101 Å². The number of aliphatic hydroxyl groups excluding tert-OH is 1. The molecule has 2 rings (SSSR count). The Morgan fingerprint density at radius 3 is 2.65 bits per heavy atom. The van der Waals surface area contributed by atoms with E-state index in [2.05, 4.69) is 4.98 Å². The van der Waals surface area contributed by atoms with E-state index in [1.165, 1.54) is 13.1 Å². The second-order valence-corrected chi connectivity index (χ2v) is 10.2. The second-order valence-electron chi connectivity index (χ2n) is 6.64. The molecule has 1 aliphatic rings. The Labute approximate surface area is 132 Å². The van der Waals surface area contributed by atoms with Crippen LogP contribution in [0.2, 0.25) is 0 Å². The molecule has 1 aromatic rings. The molecule has 0 bridgehead atoms. The highest BCUT2D eigenvalue weighted by Gasteiger charge is 2.48. The fourth-order valence-corrected chi connectivity index (χ4v) is 4.52. The van der Waals surface area contributed by atoms with Crippen LogP contribution in [0.5, 0.6) is 0 Å². The lowest BCUT2D eigenvalue weighted by molar-refractivity contribution is -0.0463. The number of aliphatic hydroxyl groups is 1. The van der Waals surface area contributed by atoms with Crippen LogP contribution < -0.4 is 11.2 Å². The summed E-state index contributed by atoms with van der Waals surface area (Å²) in [6, 6.07) is 0. The molecule has 1 aliphatic heterocycles. The Bertz CT molecular complexity index is 739. The van der Waals surface area contributed by atoms with Gasteiger partial charge in [0, 0.05) is 17.9 Å². The number of hydrogen-bond acceptors (Lipinski definition) is 5. The summed E-state index contributed by atoms with van der Waals surface area (Å²) in [7, 11) is -2.37. The fraction of sp³-hybridized carbons (Fsp3) is 0.714. The molecule has 1 saturated heterocycles. The molecular weight excluding hydrogens is 326 g/mol. The summed E-state index contributed by atoms with van der Waals surface area (Å²) < 4.78 is 32.8. The summed E-state index contributed by atoms with van der Waals surface area (Å²) in [6.07, 6.45) is -3.94. The average molecular weight is 348 g/mol. The largest absolute Gasteiger partial charge is 0.387 e. The minimum atomic E-state index is -2.37. The van der Waals surface area contributed by atoms with Crippen molar-refractivity contribution in [1.29, 1.82) is 0 Å². The molecule has 7 nitrogen and oxygen atoms in total. The van der Waals surface area contributed by atoms with E-state index >= 15 is 0 Å². The van der Waals surface area contributed by atoms with Gasteiger partial charge in [-0.2, -0.15) is 0 Å². The molecule has 0 aromatic carbocycles. The average Bonchev–Trinajstić information content (AvgIpc) is 2.69. The number of alkyl halides is 1. The zero-order valence-corrected chi connectivity index (χ0v) is 14.4. The predicted molar refractivity (Wildman–Crippen MR) is 84.4 cm³/mol. The van der Waals surface area contributed by atoms with Crippen molar-refractivity contribution >= 4 is 7.14 Å². The van der Waals surface area contributed by atoms with Crippen LogP contribution >= 0.6 is 7.14 Å². The van der Waals surface area contributed by atoms with Gasteiger partial charge in [0.1, 0.15) is 6.10 Å². The molecule has 0 aliphatic carbocycles. The summed E-state index contributed by atoms with van der Waals surface area (Å²) in [5, 5.41) is 10.1. The lowest BCUT2D eigenvalue weighted by Gasteiger charge is -2.23. The van der Waals surface area contributed by atoms with Crippen LogP contribution in [0.25, 0.3) is 0 Å². The van der Waals surface area contributed by atoms with Crippen LogP contribution in [0.15, 0.2) is 15.8 Å². The van der Waals surface area contributed by atoms with Crippen molar-refractivity contribution in [3.05, 3.63) is 32.6 Å². The minimum absolute atomic E-state index is 0.234. The van der Waals surface area contributed by atoms with E-state index in [9.17, 15) is 23.7 Å². The van der Waals surface area contributed by atoms with Crippen LogP contribution in [0.3, 0.4) is 0 Å². The van der Waals surface area contributed by atoms with Gasteiger partial charge in [-0.15, -0.1) is 0 Å². The number of ether oxygens (including phenoxy) is 1. The fourth-order valence-electron chi connectivity index (χ4n) is 2.93. The first-order chi connectivity index (χ1) is 10.5. The van der Waals surface area contributed by atoms with E-state index in [4.69, 9.17) is 4.74 Å². The molecule has 0 radical (unpaired) electrons. The van der Waals surface area contributed by atoms with E-state index in [0.29, 0.717) is 6.16 Å². The van der Waals surface area contributed by atoms with E-state index in [-0.39, 0.29) is 11.5 Å². The van der Waals surface area contributed by atoms with Gasteiger partial charge in [-0.1, -0.05) is 6.92 Å². The van der Waals surface area contributed by atoms with Crippen LogP contribution in [0.1, 0.15) is 18.7 Å². The Balaban J connectivity index is 2.30. The number of aromatic nitrogens is 2. The van der Waals surface area contributed by atoms with Gasteiger partial charge >= 0.3 is 5.69 Å². The number of nitrogens with zero attached hydrogens (tertiary/aromatic N) is 1. The first kappa shape index (κ1) is 18.1. The number of hydrogen-bond donors (Lipinski definition) is 2. The Morgan fingerprint density at radius 1 is 1.48 bits per heavy atom. The smallest absolute Gasteiger partial charge is 0.330 e. The maximum absolute atomic E-state index is 14.4. The van der Waals surface area contributed by atoms with Gasteiger partial charge in [0.2, 0.25) is 0 Å². The van der Waals surface area contributed by atoms with Crippen LogP contribution in [-0.2, 0) is 9.30 Å². The van der Waals surface area contributed by atoms with Crippen molar-refractivity contribution in [3.63, 3.8) is 0 Å². The van der Waals surface area contributed by atoms with Crippen LogP contribution in [-0.4, -0.2) is 52.5 Å². The highest BCUT2D eigenvalue weighted by atomic mass is 31.2. The lowest BCUT2D eigenvalue weighted by atomic mass is 10.0. The first-order valence-electron chi connectivity index (χ1n) is 7.35. The summed E-state index contributed by atoms with van der Waals surface area (Å²) in [5.74, 6) is -0.339. The van der Waals surface area contributed by atoms with E-state index < -0.39 is 43.0 Å². The molecule has 9 heteroatoms. The number of halogens is 1. The van der Waals surface area contributed by atoms with Crippen molar-refractivity contribution in [3.8, 4) is 0 Å². The van der Waals surface area contributed by atoms with Gasteiger partial charge in [0.25, 0.3) is 5.56 Å². The molecule has 2 heterocycles. The number of nitrogens with one attached hydrogen (secondary N) is 1. The molecule has 0 saturated carbocycles. The quantitative estimate of drug-likeness (QED) is 0.780. The molecule has 0 unspecified atom stereocenters. The number of aryl methyl sites for hydroxylation is 1. The summed E-state index contributed by atoms with van der Waals surface area (Å²) in [6.45, 7) is 6.44. The molecule has 23 heavy (non-hydrogen) atoms. The SMILES string of the molecule is Cc1cn([C@@H]2O[C@H]([C@H](C)CP(C)(C)=O)[C@@H](O)[C@H]2F)c(=O)[nH]c1=O. The molecule has 0 amide bonds.